The molecule has 1 N–H and O–H groups in total. The summed E-state index contributed by atoms with van der Waals surface area (Å²) in [5.41, 5.74) is 0.812. The first kappa shape index (κ1) is 15.9. The van der Waals surface area contributed by atoms with Gasteiger partial charge in [-0.05, 0) is 36.7 Å². The molecule has 1 aliphatic carbocycles. The van der Waals surface area contributed by atoms with Gasteiger partial charge in [-0.15, -0.1) is 0 Å². The molecule has 0 aromatic heterocycles. The number of rotatable bonds is 4. The number of methoxy groups -OCH3 is 2. The van der Waals surface area contributed by atoms with Gasteiger partial charge < -0.3 is 14.8 Å². The molecule has 1 saturated carbocycles. The molecule has 1 saturated heterocycles. The monoisotopic (exact) mass is 332 g/mol. The number of nitrogens with one attached hydrogen (secondary N) is 1. The molecular formula is C17H20N2O3S. The third kappa shape index (κ3) is 3.52. The summed E-state index contributed by atoms with van der Waals surface area (Å²) in [4.78, 5) is 17.4. The van der Waals surface area contributed by atoms with Crippen LogP contribution in [0.4, 0.5) is 0 Å². The van der Waals surface area contributed by atoms with Gasteiger partial charge in [0.1, 0.15) is 0 Å². The van der Waals surface area contributed by atoms with Crippen LogP contribution in [0.3, 0.4) is 0 Å². The number of hydrogen-bond acceptors (Lipinski definition) is 5. The van der Waals surface area contributed by atoms with Gasteiger partial charge >= 0.3 is 0 Å². The van der Waals surface area contributed by atoms with Gasteiger partial charge in [0.25, 0.3) is 5.91 Å². The maximum absolute atomic E-state index is 12.2. The molecule has 0 unspecified atom stereocenters. The maximum atomic E-state index is 12.2. The van der Waals surface area contributed by atoms with Gasteiger partial charge in [0.05, 0.1) is 25.2 Å². The third-order valence-electron chi connectivity index (χ3n) is 4.00. The summed E-state index contributed by atoms with van der Waals surface area (Å²) in [6.07, 6.45) is 6.50. The first-order valence-corrected chi connectivity index (χ1v) is 8.52. The van der Waals surface area contributed by atoms with E-state index in [0.29, 0.717) is 27.6 Å². The summed E-state index contributed by atoms with van der Waals surface area (Å²) in [5, 5.41) is 3.55. The Kier molecular flexibility index (Phi) is 4.91. The van der Waals surface area contributed by atoms with Gasteiger partial charge in [-0.2, -0.15) is 0 Å². The van der Waals surface area contributed by atoms with Crippen molar-refractivity contribution in [1.29, 1.82) is 0 Å². The van der Waals surface area contributed by atoms with Gasteiger partial charge in [-0.1, -0.05) is 25.0 Å². The Hall–Kier alpha value is -1.95. The zero-order valence-corrected chi connectivity index (χ0v) is 14.1. The van der Waals surface area contributed by atoms with Crippen LogP contribution in [0.15, 0.2) is 28.1 Å². The standard InChI is InChI=1S/C17H20N2O3S/c1-21-13-9-5-6-11(15(13)22-2)10-14-16(20)19-17(23-14)18-12-7-3-4-8-12/h5-6,9-10,12H,3-4,7-8H2,1-2H3,(H,18,19,20)/b14-10+. The Bertz CT molecular complexity index is 664. The molecule has 1 aromatic rings. The van der Waals surface area contributed by atoms with E-state index in [0.717, 1.165) is 18.4 Å². The fourth-order valence-corrected chi connectivity index (χ4v) is 3.74. The molecule has 2 fully saturated rings. The molecule has 5 nitrogen and oxygen atoms in total. The van der Waals surface area contributed by atoms with Crippen molar-refractivity contribution in [2.75, 3.05) is 14.2 Å². The molecule has 2 aliphatic rings. The van der Waals surface area contributed by atoms with E-state index >= 15 is 0 Å². The second-order valence-corrected chi connectivity index (χ2v) is 6.55. The van der Waals surface area contributed by atoms with E-state index in [1.807, 2.05) is 24.3 Å². The Morgan fingerprint density at radius 3 is 2.74 bits per heavy atom. The zero-order valence-electron chi connectivity index (χ0n) is 13.3. The van der Waals surface area contributed by atoms with E-state index in [2.05, 4.69) is 10.3 Å². The molecule has 0 radical (unpaired) electrons. The van der Waals surface area contributed by atoms with Gasteiger partial charge in [0.15, 0.2) is 16.7 Å². The van der Waals surface area contributed by atoms with E-state index in [1.165, 1.54) is 24.6 Å². The van der Waals surface area contributed by atoms with Crippen LogP contribution in [0.2, 0.25) is 0 Å². The minimum Gasteiger partial charge on any atom is -0.493 e. The number of nitrogens with zero attached hydrogens (tertiary/aromatic N) is 1. The molecule has 1 aliphatic heterocycles. The van der Waals surface area contributed by atoms with Crippen molar-refractivity contribution in [3.8, 4) is 11.5 Å². The lowest BCUT2D eigenvalue weighted by molar-refractivity contribution is -0.115. The maximum Gasteiger partial charge on any atom is 0.264 e. The smallest absolute Gasteiger partial charge is 0.264 e. The van der Waals surface area contributed by atoms with Crippen molar-refractivity contribution in [2.24, 2.45) is 4.99 Å². The number of ether oxygens (including phenoxy) is 2. The van der Waals surface area contributed by atoms with Crippen molar-refractivity contribution in [3.63, 3.8) is 0 Å². The van der Waals surface area contributed by atoms with Gasteiger partial charge in [-0.3, -0.25) is 9.79 Å². The van der Waals surface area contributed by atoms with E-state index in [4.69, 9.17) is 9.47 Å². The number of carbonyl (C=O) groups is 1. The normalized spacial score (nSPS) is 21.9. The summed E-state index contributed by atoms with van der Waals surface area (Å²) in [6, 6.07) is 5.95. The van der Waals surface area contributed by atoms with E-state index in [1.54, 1.807) is 14.2 Å². The lowest BCUT2D eigenvalue weighted by atomic mass is 10.1. The second-order valence-electron chi connectivity index (χ2n) is 5.52. The molecule has 3 rings (SSSR count). The molecule has 1 aromatic carbocycles. The molecule has 122 valence electrons. The van der Waals surface area contributed by atoms with E-state index in [-0.39, 0.29) is 5.91 Å². The molecule has 6 heteroatoms. The van der Waals surface area contributed by atoms with Crippen LogP contribution in [0, 0.1) is 0 Å². The average molecular weight is 332 g/mol. The lowest BCUT2D eigenvalue weighted by Crippen LogP contribution is -2.21. The number of carbonyl (C=O) groups excluding carboxylic acids is 1. The number of amidine groups is 1. The largest absolute Gasteiger partial charge is 0.493 e. The van der Waals surface area contributed by atoms with Crippen LogP contribution < -0.4 is 14.8 Å². The summed E-state index contributed by atoms with van der Waals surface area (Å²) >= 11 is 1.39. The molecular weight excluding hydrogens is 312 g/mol. The number of hydrogen-bond donors (Lipinski definition) is 1. The summed E-state index contributed by atoms with van der Waals surface area (Å²) in [6.45, 7) is 0. The quantitative estimate of drug-likeness (QED) is 0.860. The number of thioether (sulfide) groups is 1. The molecule has 1 heterocycles. The Balaban J connectivity index is 1.84. The second kappa shape index (κ2) is 7.08. The van der Waals surface area contributed by atoms with Gasteiger partial charge in [-0.25, -0.2) is 0 Å². The minimum absolute atomic E-state index is 0.114. The topological polar surface area (TPSA) is 59.9 Å². The van der Waals surface area contributed by atoms with E-state index < -0.39 is 0 Å². The average Bonchev–Trinajstić information content (AvgIpc) is 3.17. The number of benzene rings is 1. The molecule has 23 heavy (non-hydrogen) atoms. The molecule has 1 amide bonds. The van der Waals surface area contributed by atoms with Crippen LogP contribution in [-0.4, -0.2) is 31.3 Å². The van der Waals surface area contributed by atoms with Gasteiger partial charge in [0.2, 0.25) is 0 Å². The minimum atomic E-state index is -0.114. The van der Waals surface area contributed by atoms with Crippen LogP contribution in [0.5, 0.6) is 11.5 Å². The first-order valence-electron chi connectivity index (χ1n) is 7.71. The SMILES string of the molecule is COc1cccc(/C=C2/SC(=NC3CCCC3)NC2=O)c1OC. The molecule has 0 bridgehead atoms. The highest BCUT2D eigenvalue weighted by atomic mass is 32.2. The Morgan fingerprint density at radius 1 is 1.26 bits per heavy atom. The molecule has 0 atom stereocenters. The lowest BCUT2D eigenvalue weighted by Gasteiger charge is -2.10. The molecule has 0 spiro atoms. The van der Waals surface area contributed by atoms with Crippen LogP contribution >= 0.6 is 11.8 Å². The number of amides is 1. The first-order chi connectivity index (χ1) is 11.2. The highest BCUT2D eigenvalue weighted by Crippen LogP contribution is 2.35. The predicted molar refractivity (Wildman–Crippen MR) is 92.9 cm³/mol. The van der Waals surface area contributed by atoms with Gasteiger partial charge in [0, 0.05) is 5.56 Å². The summed E-state index contributed by atoms with van der Waals surface area (Å²) in [7, 11) is 3.19. The van der Waals surface area contributed by atoms with Crippen molar-refractivity contribution in [3.05, 3.63) is 28.7 Å². The number of para-hydroxylation sites is 1. The summed E-state index contributed by atoms with van der Waals surface area (Å²) < 4.78 is 10.7. The highest BCUT2D eigenvalue weighted by molar-refractivity contribution is 8.18. The van der Waals surface area contributed by atoms with Crippen molar-refractivity contribution in [2.45, 2.75) is 31.7 Å². The third-order valence-corrected chi connectivity index (χ3v) is 4.92. The van der Waals surface area contributed by atoms with Crippen LogP contribution in [-0.2, 0) is 4.79 Å². The zero-order chi connectivity index (χ0) is 16.2. The Morgan fingerprint density at radius 2 is 2.04 bits per heavy atom. The highest BCUT2D eigenvalue weighted by Gasteiger charge is 2.26. The summed E-state index contributed by atoms with van der Waals surface area (Å²) in [5.74, 6) is 1.15. The van der Waals surface area contributed by atoms with Crippen LogP contribution in [0.25, 0.3) is 6.08 Å². The Labute approximate surface area is 140 Å². The fourth-order valence-electron chi connectivity index (χ4n) is 2.85. The number of aliphatic imine (C=N–C) groups is 1. The van der Waals surface area contributed by atoms with E-state index in [9.17, 15) is 4.79 Å². The van der Waals surface area contributed by atoms with Crippen molar-refractivity contribution >= 4 is 28.9 Å². The van der Waals surface area contributed by atoms with Crippen molar-refractivity contribution < 1.29 is 14.3 Å². The predicted octanol–water partition coefficient (Wildman–Crippen LogP) is 3.21. The fraction of sp³-hybridized carbons (Fsp3) is 0.412. The van der Waals surface area contributed by atoms with Crippen molar-refractivity contribution in [1.82, 2.24) is 5.32 Å². The van der Waals surface area contributed by atoms with Crippen LogP contribution in [0.1, 0.15) is 31.2 Å².